The van der Waals surface area contributed by atoms with Crippen molar-refractivity contribution >= 4 is 15.9 Å². The zero-order chi connectivity index (χ0) is 13.8. The van der Waals surface area contributed by atoms with Gasteiger partial charge in [-0.2, -0.15) is 0 Å². The van der Waals surface area contributed by atoms with Crippen molar-refractivity contribution < 1.29 is 9.50 Å². The van der Waals surface area contributed by atoms with Gasteiger partial charge in [-0.25, -0.2) is 4.39 Å². The first-order chi connectivity index (χ1) is 8.39. The SMILES string of the molecule is CN(C)CCNC(C)(CO)c1ccc(F)c(Br)c1. The van der Waals surface area contributed by atoms with E-state index in [9.17, 15) is 9.50 Å². The van der Waals surface area contributed by atoms with E-state index in [1.165, 1.54) is 6.07 Å². The van der Waals surface area contributed by atoms with Crippen molar-refractivity contribution in [1.29, 1.82) is 0 Å². The topological polar surface area (TPSA) is 35.5 Å². The third-order valence-electron chi connectivity index (χ3n) is 2.95. The second-order valence-corrected chi connectivity index (χ2v) is 5.70. The molecule has 0 aliphatic carbocycles. The highest BCUT2D eigenvalue weighted by atomic mass is 79.9. The molecule has 1 atom stereocenters. The Morgan fingerprint density at radius 3 is 2.61 bits per heavy atom. The number of likely N-dealkylation sites (N-methyl/N-ethyl adjacent to an activating group) is 1. The minimum Gasteiger partial charge on any atom is -0.394 e. The molecule has 5 heteroatoms. The molecule has 1 rings (SSSR count). The van der Waals surface area contributed by atoms with Gasteiger partial charge >= 0.3 is 0 Å². The number of nitrogens with zero attached hydrogens (tertiary/aromatic N) is 1. The van der Waals surface area contributed by atoms with E-state index in [0.29, 0.717) is 4.47 Å². The van der Waals surface area contributed by atoms with Crippen LogP contribution in [0.15, 0.2) is 22.7 Å². The van der Waals surface area contributed by atoms with Crippen LogP contribution in [0.1, 0.15) is 12.5 Å². The maximum absolute atomic E-state index is 13.2. The zero-order valence-corrected chi connectivity index (χ0v) is 12.6. The molecule has 0 heterocycles. The van der Waals surface area contributed by atoms with Gasteiger partial charge in [-0.1, -0.05) is 6.07 Å². The van der Waals surface area contributed by atoms with E-state index in [1.807, 2.05) is 21.0 Å². The maximum Gasteiger partial charge on any atom is 0.137 e. The summed E-state index contributed by atoms with van der Waals surface area (Å²) >= 11 is 3.17. The minimum atomic E-state index is -0.563. The molecule has 1 unspecified atom stereocenters. The standard InChI is InChI=1S/C13H20BrFN2O/c1-13(9-18,16-6-7-17(2)3)10-4-5-12(15)11(14)8-10/h4-5,8,16,18H,6-7,9H2,1-3H3. The van der Waals surface area contributed by atoms with Gasteiger partial charge in [0.1, 0.15) is 5.82 Å². The lowest BCUT2D eigenvalue weighted by Gasteiger charge is -2.30. The fourth-order valence-corrected chi connectivity index (χ4v) is 2.02. The number of hydrogen-bond acceptors (Lipinski definition) is 3. The van der Waals surface area contributed by atoms with Crippen LogP contribution in [0, 0.1) is 5.82 Å². The van der Waals surface area contributed by atoms with Crippen LogP contribution in [-0.4, -0.2) is 43.8 Å². The number of rotatable bonds is 6. The Bertz CT molecular complexity index is 401. The fraction of sp³-hybridized carbons (Fsp3) is 0.538. The van der Waals surface area contributed by atoms with Crippen LogP contribution >= 0.6 is 15.9 Å². The van der Waals surface area contributed by atoms with Gasteiger partial charge in [0.25, 0.3) is 0 Å². The van der Waals surface area contributed by atoms with Crippen molar-refractivity contribution in [3.05, 3.63) is 34.1 Å². The van der Waals surface area contributed by atoms with E-state index in [4.69, 9.17) is 0 Å². The Labute approximate surface area is 116 Å². The van der Waals surface area contributed by atoms with Crippen LogP contribution in [0.5, 0.6) is 0 Å². The van der Waals surface area contributed by atoms with Gasteiger partial charge in [0.15, 0.2) is 0 Å². The highest BCUT2D eigenvalue weighted by Gasteiger charge is 2.25. The van der Waals surface area contributed by atoms with Gasteiger partial charge in [0.2, 0.25) is 0 Å². The van der Waals surface area contributed by atoms with Crippen molar-refractivity contribution in [3.8, 4) is 0 Å². The van der Waals surface area contributed by atoms with Gasteiger partial charge < -0.3 is 15.3 Å². The number of benzene rings is 1. The average molecular weight is 319 g/mol. The summed E-state index contributed by atoms with van der Waals surface area (Å²) in [6.07, 6.45) is 0. The summed E-state index contributed by atoms with van der Waals surface area (Å²) in [5.74, 6) is -0.299. The fourth-order valence-electron chi connectivity index (χ4n) is 1.64. The lowest BCUT2D eigenvalue weighted by Crippen LogP contribution is -2.45. The van der Waals surface area contributed by atoms with E-state index >= 15 is 0 Å². The third-order valence-corrected chi connectivity index (χ3v) is 3.55. The van der Waals surface area contributed by atoms with Gasteiger partial charge in [0, 0.05) is 13.1 Å². The first kappa shape index (κ1) is 15.6. The Morgan fingerprint density at radius 1 is 1.44 bits per heavy atom. The smallest absolute Gasteiger partial charge is 0.137 e. The molecule has 0 bridgehead atoms. The number of nitrogens with one attached hydrogen (secondary N) is 1. The van der Waals surface area contributed by atoms with Crippen molar-refractivity contribution in [2.45, 2.75) is 12.5 Å². The van der Waals surface area contributed by atoms with E-state index < -0.39 is 5.54 Å². The Morgan fingerprint density at radius 2 is 2.11 bits per heavy atom. The van der Waals surface area contributed by atoms with Crippen molar-refractivity contribution in [3.63, 3.8) is 0 Å². The molecule has 0 saturated heterocycles. The van der Waals surface area contributed by atoms with E-state index in [1.54, 1.807) is 12.1 Å². The quantitative estimate of drug-likeness (QED) is 0.841. The van der Waals surface area contributed by atoms with Gasteiger partial charge in [-0.05, 0) is 54.6 Å². The third kappa shape index (κ3) is 4.02. The van der Waals surface area contributed by atoms with Crippen LogP contribution in [0.25, 0.3) is 0 Å². The molecule has 0 spiro atoms. The lowest BCUT2D eigenvalue weighted by molar-refractivity contribution is 0.171. The summed E-state index contributed by atoms with van der Waals surface area (Å²) in [4.78, 5) is 2.06. The highest BCUT2D eigenvalue weighted by molar-refractivity contribution is 9.10. The first-order valence-corrected chi connectivity index (χ1v) is 6.64. The maximum atomic E-state index is 13.2. The van der Waals surface area contributed by atoms with Crippen molar-refractivity contribution in [1.82, 2.24) is 10.2 Å². The summed E-state index contributed by atoms with van der Waals surface area (Å²) in [6, 6.07) is 4.80. The Balaban J connectivity index is 2.82. The molecule has 0 radical (unpaired) electrons. The molecule has 3 nitrogen and oxygen atoms in total. The summed E-state index contributed by atoms with van der Waals surface area (Å²) < 4.78 is 13.6. The van der Waals surface area contributed by atoms with Crippen molar-refractivity contribution in [2.24, 2.45) is 0 Å². The van der Waals surface area contributed by atoms with Crippen LogP contribution in [-0.2, 0) is 5.54 Å². The second-order valence-electron chi connectivity index (χ2n) is 4.85. The number of aliphatic hydroxyl groups excluding tert-OH is 1. The summed E-state index contributed by atoms with van der Waals surface area (Å²) in [5, 5.41) is 12.9. The largest absolute Gasteiger partial charge is 0.394 e. The Hall–Kier alpha value is -0.490. The predicted molar refractivity (Wildman–Crippen MR) is 75.1 cm³/mol. The molecule has 0 aliphatic rings. The van der Waals surface area contributed by atoms with Gasteiger partial charge in [-0.15, -0.1) is 0 Å². The van der Waals surface area contributed by atoms with Crippen LogP contribution in [0.4, 0.5) is 4.39 Å². The van der Waals surface area contributed by atoms with E-state index in [2.05, 4.69) is 26.1 Å². The summed E-state index contributed by atoms with van der Waals surface area (Å²) in [6.45, 7) is 3.48. The Kier molecular flexibility index (Phi) is 5.72. The molecule has 0 amide bonds. The monoisotopic (exact) mass is 318 g/mol. The first-order valence-electron chi connectivity index (χ1n) is 5.85. The molecule has 0 saturated carbocycles. The number of hydrogen-bond donors (Lipinski definition) is 2. The van der Waals surface area contributed by atoms with Crippen LogP contribution < -0.4 is 5.32 Å². The molecular formula is C13H20BrFN2O. The van der Waals surface area contributed by atoms with E-state index in [0.717, 1.165) is 18.7 Å². The summed E-state index contributed by atoms with van der Waals surface area (Å²) in [7, 11) is 3.99. The zero-order valence-electron chi connectivity index (χ0n) is 11.0. The molecule has 102 valence electrons. The average Bonchev–Trinajstić information content (AvgIpc) is 2.32. The number of aliphatic hydroxyl groups is 1. The molecular weight excluding hydrogens is 299 g/mol. The number of halogens is 2. The minimum absolute atomic E-state index is 0.0432. The summed E-state index contributed by atoms with van der Waals surface area (Å²) in [5.41, 5.74) is 0.295. The van der Waals surface area contributed by atoms with E-state index in [-0.39, 0.29) is 12.4 Å². The molecule has 2 N–H and O–H groups in total. The molecule has 0 fully saturated rings. The van der Waals surface area contributed by atoms with Gasteiger partial charge in [-0.3, -0.25) is 0 Å². The van der Waals surface area contributed by atoms with Crippen molar-refractivity contribution in [2.75, 3.05) is 33.8 Å². The predicted octanol–water partition coefficient (Wildman–Crippen LogP) is 1.95. The molecule has 1 aromatic rings. The molecule has 0 aliphatic heterocycles. The van der Waals surface area contributed by atoms with Gasteiger partial charge in [0.05, 0.1) is 16.6 Å². The molecule has 0 aromatic heterocycles. The molecule has 1 aromatic carbocycles. The van der Waals surface area contributed by atoms with Crippen LogP contribution in [0.2, 0.25) is 0 Å². The second kappa shape index (κ2) is 6.61. The molecule has 18 heavy (non-hydrogen) atoms. The highest BCUT2D eigenvalue weighted by Crippen LogP contribution is 2.25. The lowest BCUT2D eigenvalue weighted by atomic mass is 9.93. The normalized spacial score (nSPS) is 14.8. The van der Waals surface area contributed by atoms with Crippen LogP contribution in [0.3, 0.4) is 0 Å².